The first-order valence-corrected chi connectivity index (χ1v) is 6.36. The smallest absolute Gasteiger partial charge is 0.255 e. The Morgan fingerprint density at radius 3 is 2.95 bits per heavy atom. The van der Waals surface area contributed by atoms with Gasteiger partial charge in [0.05, 0.1) is 17.3 Å². The summed E-state index contributed by atoms with van der Waals surface area (Å²) < 4.78 is 0. The van der Waals surface area contributed by atoms with Crippen LogP contribution in [0.15, 0.2) is 42.7 Å². The van der Waals surface area contributed by atoms with Gasteiger partial charge in [-0.25, -0.2) is 0 Å². The number of carbonyl (C=O) groups is 1. The van der Waals surface area contributed by atoms with E-state index in [1.807, 2.05) is 37.3 Å². The molecule has 0 saturated heterocycles. The van der Waals surface area contributed by atoms with Gasteiger partial charge in [-0.3, -0.25) is 14.9 Å². The van der Waals surface area contributed by atoms with E-state index in [0.29, 0.717) is 12.1 Å². The summed E-state index contributed by atoms with van der Waals surface area (Å²) in [6, 6.07) is 9.85. The van der Waals surface area contributed by atoms with Crippen LogP contribution in [0.25, 0.3) is 10.9 Å². The molecule has 3 aromatic rings. The largest absolute Gasteiger partial charge is 0.348 e. The Morgan fingerprint density at radius 1 is 1.30 bits per heavy atom. The monoisotopic (exact) mass is 266 g/mol. The third-order valence-electron chi connectivity index (χ3n) is 3.23. The number of para-hydroxylation sites is 1. The van der Waals surface area contributed by atoms with Gasteiger partial charge in [-0.2, -0.15) is 5.10 Å². The zero-order valence-corrected chi connectivity index (χ0v) is 11.1. The van der Waals surface area contributed by atoms with Crippen LogP contribution in [0.1, 0.15) is 21.6 Å². The maximum atomic E-state index is 12.0. The molecule has 0 aliphatic heterocycles. The van der Waals surface area contributed by atoms with E-state index in [2.05, 4.69) is 20.5 Å². The van der Waals surface area contributed by atoms with E-state index >= 15 is 0 Å². The van der Waals surface area contributed by atoms with Gasteiger partial charge in [0.1, 0.15) is 0 Å². The Kier molecular flexibility index (Phi) is 3.16. The number of aromatic nitrogens is 3. The normalized spacial score (nSPS) is 10.7. The summed E-state index contributed by atoms with van der Waals surface area (Å²) in [6.45, 7) is 2.26. The van der Waals surface area contributed by atoms with Crippen molar-refractivity contribution in [3.05, 3.63) is 59.5 Å². The third kappa shape index (κ3) is 2.25. The molecule has 1 amide bonds. The number of aromatic amines is 1. The summed E-state index contributed by atoms with van der Waals surface area (Å²) in [6.07, 6.45) is 3.29. The van der Waals surface area contributed by atoms with E-state index < -0.39 is 0 Å². The van der Waals surface area contributed by atoms with E-state index in [4.69, 9.17) is 0 Å². The second-order valence-electron chi connectivity index (χ2n) is 4.58. The average molecular weight is 266 g/mol. The van der Waals surface area contributed by atoms with Crippen molar-refractivity contribution in [2.45, 2.75) is 13.5 Å². The Labute approximate surface area is 116 Å². The van der Waals surface area contributed by atoms with Crippen LogP contribution in [0.4, 0.5) is 0 Å². The highest BCUT2D eigenvalue weighted by Gasteiger charge is 2.11. The number of benzene rings is 1. The molecule has 100 valence electrons. The molecule has 0 aliphatic rings. The molecule has 2 heterocycles. The van der Waals surface area contributed by atoms with Crippen LogP contribution >= 0.6 is 0 Å². The van der Waals surface area contributed by atoms with Crippen LogP contribution in [0.5, 0.6) is 0 Å². The zero-order valence-electron chi connectivity index (χ0n) is 11.1. The van der Waals surface area contributed by atoms with E-state index in [9.17, 15) is 4.79 Å². The Balaban J connectivity index is 1.81. The first kappa shape index (κ1) is 12.3. The average Bonchev–Trinajstić information content (AvgIpc) is 2.91. The highest BCUT2D eigenvalue weighted by molar-refractivity contribution is 5.95. The van der Waals surface area contributed by atoms with Gasteiger partial charge in [0, 0.05) is 23.8 Å². The van der Waals surface area contributed by atoms with Gasteiger partial charge >= 0.3 is 0 Å². The van der Waals surface area contributed by atoms with Crippen molar-refractivity contribution < 1.29 is 4.79 Å². The predicted octanol–water partition coefficient (Wildman–Crippen LogP) is 2.20. The number of nitrogens with one attached hydrogen (secondary N) is 2. The van der Waals surface area contributed by atoms with Crippen molar-refractivity contribution in [2.75, 3.05) is 0 Å². The molecule has 0 spiro atoms. The molecule has 20 heavy (non-hydrogen) atoms. The summed E-state index contributed by atoms with van der Waals surface area (Å²) in [7, 11) is 0. The molecule has 5 nitrogen and oxygen atoms in total. The highest BCUT2D eigenvalue weighted by atomic mass is 16.1. The number of fused-ring (bicyclic) bond motifs is 1. The lowest BCUT2D eigenvalue weighted by atomic mass is 10.1. The minimum Gasteiger partial charge on any atom is -0.348 e. The number of H-pyrrole nitrogens is 1. The van der Waals surface area contributed by atoms with E-state index in [0.717, 1.165) is 22.2 Å². The summed E-state index contributed by atoms with van der Waals surface area (Å²) in [5.74, 6) is -0.135. The van der Waals surface area contributed by atoms with Crippen molar-refractivity contribution in [1.82, 2.24) is 20.5 Å². The quantitative estimate of drug-likeness (QED) is 0.763. The molecule has 1 aromatic carbocycles. The summed E-state index contributed by atoms with van der Waals surface area (Å²) >= 11 is 0. The molecule has 2 N–H and O–H groups in total. The maximum Gasteiger partial charge on any atom is 0.255 e. The van der Waals surface area contributed by atoms with Crippen molar-refractivity contribution in [2.24, 2.45) is 0 Å². The SMILES string of the molecule is Cc1[nH]ncc1C(=O)NCc1cccc2cccnc12. The molecule has 0 bridgehead atoms. The number of carbonyl (C=O) groups excluding carboxylic acids is 1. The zero-order chi connectivity index (χ0) is 13.9. The minimum absolute atomic E-state index is 0.135. The molecule has 3 rings (SSSR count). The Hall–Kier alpha value is -2.69. The van der Waals surface area contributed by atoms with E-state index in [1.165, 1.54) is 6.20 Å². The number of nitrogens with zero attached hydrogens (tertiary/aromatic N) is 2. The van der Waals surface area contributed by atoms with Crippen molar-refractivity contribution in [1.29, 1.82) is 0 Å². The number of hydrogen-bond acceptors (Lipinski definition) is 3. The van der Waals surface area contributed by atoms with Crippen LogP contribution in [-0.2, 0) is 6.54 Å². The summed E-state index contributed by atoms with van der Waals surface area (Å²) in [5.41, 5.74) is 3.24. The molecule has 0 saturated carbocycles. The van der Waals surface area contributed by atoms with Gasteiger partial charge in [0.25, 0.3) is 5.91 Å². The van der Waals surface area contributed by atoms with Gasteiger partial charge in [-0.1, -0.05) is 24.3 Å². The molecule has 0 atom stereocenters. The van der Waals surface area contributed by atoms with Gasteiger partial charge in [-0.05, 0) is 18.6 Å². The van der Waals surface area contributed by atoms with Gasteiger partial charge in [0.15, 0.2) is 0 Å². The molecular formula is C15H14N4O. The summed E-state index contributed by atoms with van der Waals surface area (Å²) in [4.78, 5) is 16.4. The fraction of sp³-hybridized carbons (Fsp3) is 0.133. The lowest BCUT2D eigenvalue weighted by Crippen LogP contribution is -2.23. The first-order chi connectivity index (χ1) is 9.75. The molecule has 0 unspecified atom stereocenters. The molecule has 0 radical (unpaired) electrons. The van der Waals surface area contributed by atoms with E-state index in [1.54, 1.807) is 6.20 Å². The summed E-state index contributed by atoms with van der Waals surface area (Å²) in [5, 5.41) is 10.6. The number of amides is 1. The predicted molar refractivity (Wildman–Crippen MR) is 76.2 cm³/mol. The molecular weight excluding hydrogens is 252 g/mol. The van der Waals surface area contributed by atoms with Crippen LogP contribution in [0.3, 0.4) is 0 Å². The van der Waals surface area contributed by atoms with Crippen molar-refractivity contribution >= 4 is 16.8 Å². The lowest BCUT2D eigenvalue weighted by molar-refractivity contribution is 0.0950. The highest BCUT2D eigenvalue weighted by Crippen LogP contribution is 2.15. The number of aryl methyl sites for hydroxylation is 1. The first-order valence-electron chi connectivity index (χ1n) is 6.36. The van der Waals surface area contributed by atoms with Crippen molar-refractivity contribution in [3.63, 3.8) is 0 Å². The topological polar surface area (TPSA) is 70.7 Å². The molecule has 2 aromatic heterocycles. The second-order valence-corrected chi connectivity index (χ2v) is 4.58. The van der Waals surface area contributed by atoms with Crippen LogP contribution in [-0.4, -0.2) is 21.1 Å². The number of hydrogen-bond donors (Lipinski definition) is 2. The van der Waals surface area contributed by atoms with Gasteiger partial charge < -0.3 is 5.32 Å². The molecule has 0 aliphatic carbocycles. The molecule has 5 heteroatoms. The van der Waals surface area contributed by atoms with Gasteiger partial charge in [-0.15, -0.1) is 0 Å². The maximum absolute atomic E-state index is 12.0. The molecule has 0 fully saturated rings. The van der Waals surface area contributed by atoms with Gasteiger partial charge in [0.2, 0.25) is 0 Å². The fourth-order valence-corrected chi connectivity index (χ4v) is 2.16. The minimum atomic E-state index is -0.135. The third-order valence-corrected chi connectivity index (χ3v) is 3.23. The standard InChI is InChI=1S/C15H14N4O/c1-10-13(9-18-19-10)15(20)17-8-12-5-2-4-11-6-3-7-16-14(11)12/h2-7,9H,8H2,1H3,(H,17,20)(H,18,19). The fourth-order valence-electron chi connectivity index (χ4n) is 2.16. The van der Waals surface area contributed by atoms with Crippen LogP contribution in [0.2, 0.25) is 0 Å². The number of pyridine rings is 1. The van der Waals surface area contributed by atoms with E-state index in [-0.39, 0.29) is 5.91 Å². The lowest BCUT2D eigenvalue weighted by Gasteiger charge is -2.07. The van der Waals surface area contributed by atoms with Crippen molar-refractivity contribution in [3.8, 4) is 0 Å². The van der Waals surface area contributed by atoms with Crippen LogP contribution in [0, 0.1) is 6.92 Å². The number of rotatable bonds is 3. The Bertz CT molecular complexity index is 758. The second kappa shape index (κ2) is 5.13. The van der Waals surface area contributed by atoms with Crippen LogP contribution < -0.4 is 5.32 Å². The Morgan fingerprint density at radius 2 is 2.15 bits per heavy atom.